The summed E-state index contributed by atoms with van der Waals surface area (Å²) in [5, 5.41) is 3.98. The number of H-pyrrole nitrogens is 1. The summed E-state index contributed by atoms with van der Waals surface area (Å²) >= 11 is 0. The van der Waals surface area contributed by atoms with Gasteiger partial charge in [0.1, 0.15) is 0 Å². The number of fused-ring (bicyclic) bond motifs is 1. The molecule has 0 aliphatic carbocycles. The van der Waals surface area contributed by atoms with Crippen molar-refractivity contribution in [3.63, 3.8) is 0 Å². The first-order valence-electron chi connectivity index (χ1n) is 8.88. The minimum absolute atomic E-state index is 0.000688. The van der Waals surface area contributed by atoms with Crippen LogP contribution in [0.25, 0.3) is 10.9 Å². The van der Waals surface area contributed by atoms with Gasteiger partial charge in [-0.05, 0) is 36.8 Å². The highest BCUT2D eigenvalue weighted by Gasteiger charge is 2.26. The summed E-state index contributed by atoms with van der Waals surface area (Å²) in [6.07, 6.45) is 4.30. The molecular weight excluding hydrogens is 316 g/mol. The zero-order chi connectivity index (χ0) is 17.8. The summed E-state index contributed by atoms with van der Waals surface area (Å²) < 4.78 is 0. The number of piperidine rings is 1. The van der Waals surface area contributed by atoms with Gasteiger partial charge in [-0.1, -0.05) is 18.2 Å². The number of nitrogens with one attached hydrogen (secondary N) is 2. The molecule has 2 amide bonds. The van der Waals surface area contributed by atoms with E-state index >= 15 is 0 Å². The third kappa shape index (κ3) is 4.20. The Balaban J connectivity index is 1.54. The SMILES string of the molecule is CC(=O)NCC1CCN(C(=O)[C@@H](N)Cc2c[nH]c3ccccc23)CC1. The van der Waals surface area contributed by atoms with Crippen LogP contribution in [-0.2, 0) is 16.0 Å². The fourth-order valence-corrected chi connectivity index (χ4v) is 3.50. The van der Waals surface area contributed by atoms with Crippen LogP contribution < -0.4 is 11.1 Å². The zero-order valence-corrected chi connectivity index (χ0v) is 14.6. The molecule has 0 unspecified atom stereocenters. The molecule has 1 aromatic carbocycles. The van der Waals surface area contributed by atoms with Crippen molar-refractivity contribution < 1.29 is 9.59 Å². The molecule has 1 saturated heterocycles. The molecule has 1 aromatic heterocycles. The molecule has 0 radical (unpaired) electrons. The number of hydrogen-bond acceptors (Lipinski definition) is 3. The molecule has 4 N–H and O–H groups in total. The van der Waals surface area contributed by atoms with Crippen LogP contribution >= 0.6 is 0 Å². The number of hydrogen-bond donors (Lipinski definition) is 3. The number of aromatic amines is 1. The van der Waals surface area contributed by atoms with Gasteiger partial charge in [-0.2, -0.15) is 0 Å². The highest BCUT2D eigenvalue weighted by atomic mass is 16.2. The molecule has 6 heteroatoms. The Morgan fingerprint density at radius 2 is 2.04 bits per heavy atom. The lowest BCUT2D eigenvalue weighted by atomic mass is 9.95. The third-order valence-corrected chi connectivity index (χ3v) is 5.00. The second-order valence-electron chi connectivity index (χ2n) is 6.88. The van der Waals surface area contributed by atoms with Crippen LogP contribution in [0.4, 0.5) is 0 Å². The maximum absolute atomic E-state index is 12.7. The molecule has 2 aromatic rings. The fraction of sp³-hybridized carbons (Fsp3) is 0.474. The number of likely N-dealkylation sites (tertiary alicyclic amines) is 1. The minimum atomic E-state index is -0.522. The molecule has 6 nitrogen and oxygen atoms in total. The predicted molar refractivity (Wildman–Crippen MR) is 98.0 cm³/mol. The van der Waals surface area contributed by atoms with Gasteiger partial charge in [0.2, 0.25) is 11.8 Å². The van der Waals surface area contributed by atoms with Gasteiger partial charge in [-0.15, -0.1) is 0 Å². The number of carbonyl (C=O) groups excluding carboxylic acids is 2. The smallest absolute Gasteiger partial charge is 0.239 e. The van der Waals surface area contributed by atoms with E-state index in [0.29, 0.717) is 32.0 Å². The van der Waals surface area contributed by atoms with E-state index in [1.807, 2.05) is 35.4 Å². The first-order chi connectivity index (χ1) is 12.0. The Hall–Kier alpha value is -2.34. The predicted octanol–water partition coefficient (Wildman–Crippen LogP) is 1.41. The molecule has 1 aliphatic heterocycles. The van der Waals surface area contributed by atoms with Gasteiger partial charge in [-0.3, -0.25) is 9.59 Å². The van der Waals surface area contributed by atoms with Gasteiger partial charge in [0.05, 0.1) is 6.04 Å². The van der Waals surface area contributed by atoms with E-state index in [-0.39, 0.29) is 11.8 Å². The first kappa shape index (κ1) is 17.5. The number of aromatic nitrogens is 1. The Bertz CT molecular complexity index is 747. The molecule has 0 saturated carbocycles. The van der Waals surface area contributed by atoms with Crippen molar-refractivity contribution >= 4 is 22.7 Å². The average molecular weight is 342 g/mol. The van der Waals surface area contributed by atoms with Crippen LogP contribution in [-0.4, -0.2) is 47.4 Å². The molecule has 0 spiro atoms. The van der Waals surface area contributed by atoms with E-state index in [1.165, 1.54) is 6.92 Å². The number of amides is 2. The number of nitrogens with zero attached hydrogens (tertiary/aromatic N) is 1. The summed E-state index contributed by atoms with van der Waals surface area (Å²) in [6.45, 7) is 3.65. The summed E-state index contributed by atoms with van der Waals surface area (Å²) in [4.78, 5) is 28.7. The largest absolute Gasteiger partial charge is 0.361 e. The lowest BCUT2D eigenvalue weighted by molar-refractivity contribution is -0.134. The van der Waals surface area contributed by atoms with Crippen molar-refractivity contribution in [1.29, 1.82) is 0 Å². The highest BCUT2D eigenvalue weighted by Crippen LogP contribution is 2.21. The average Bonchev–Trinajstić information content (AvgIpc) is 3.03. The number of carbonyl (C=O) groups is 2. The fourth-order valence-electron chi connectivity index (χ4n) is 3.50. The van der Waals surface area contributed by atoms with Crippen LogP contribution in [0.2, 0.25) is 0 Å². The molecule has 1 fully saturated rings. The molecule has 0 bridgehead atoms. The molecule has 1 atom stereocenters. The maximum atomic E-state index is 12.7. The van der Waals surface area contributed by atoms with Crippen molar-refractivity contribution in [2.45, 2.75) is 32.2 Å². The van der Waals surface area contributed by atoms with Gasteiger partial charge >= 0.3 is 0 Å². The summed E-state index contributed by atoms with van der Waals surface area (Å²) in [6, 6.07) is 7.52. The topological polar surface area (TPSA) is 91.2 Å². The van der Waals surface area contributed by atoms with Crippen LogP contribution in [0.15, 0.2) is 30.5 Å². The van der Waals surface area contributed by atoms with Crippen molar-refractivity contribution in [2.24, 2.45) is 11.7 Å². The van der Waals surface area contributed by atoms with Gasteiger partial charge < -0.3 is 20.9 Å². The van der Waals surface area contributed by atoms with Crippen molar-refractivity contribution in [3.8, 4) is 0 Å². The van der Waals surface area contributed by atoms with Crippen LogP contribution in [0.3, 0.4) is 0 Å². The molecular formula is C19H26N4O2. The molecule has 3 rings (SSSR count). The molecule has 25 heavy (non-hydrogen) atoms. The van der Waals surface area contributed by atoms with Crippen molar-refractivity contribution in [3.05, 3.63) is 36.0 Å². The monoisotopic (exact) mass is 342 g/mol. The summed E-state index contributed by atoms with van der Waals surface area (Å²) in [5.74, 6) is 0.459. The van der Waals surface area contributed by atoms with Gasteiger partial charge in [0.15, 0.2) is 0 Å². The van der Waals surface area contributed by atoms with E-state index in [1.54, 1.807) is 0 Å². The molecule has 134 valence electrons. The Morgan fingerprint density at radius 3 is 2.76 bits per heavy atom. The van der Waals surface area contributed by atoms with Crippen LogP contribution in [0.1, 0.15) is 25.3 Å². The number of nitrogens with two attached hydrogens (primary N) is 1. The van der Waals surface area contributed by atoms with E-state index in [9.17, 15) is 9.59 Å². The standard InChI is InChI=1S/C19H26N4O2/c1-13(24)21-11-14-6-8-23(9-7-14)19(25)17(20)10-15-12-22-18-5-3-2-4-16(15)18/h2-5,12,14,17,22H,6-11,20H2,1H3,(H,21,24)/t17-/m0/s1. The lowest BCUT2D eigenvalue weighted by Gasteiger charge is -2.33. The summed E-state index contributed by atoms with van der Waals surface area (Å²) in [5.41, 5.74) is 8.35. The lowest BCUT2D eigenvalue weighted by Crippen LogP contribution is -2.48. The normalized spacial score (nSPS) is 16.8. The minimum Gasteiger partial charge on any atom is -0.361 e. The second-order valence-corrected chi connectivity index (χ2v) is 6.88. The van der Waals surface area contributed by atoms with Gasteiger partial charge in [0, 0.05) is 43.7 Å². The number of rotatable bonds is 5. The van der Waals surface area contributed by atoms with Gasteiger partial charge in [-0.25, -0.2) is 0 Å². The molecule has 2 heterocycles. The maximum Gasteiger partial charge on any atom is 0.239 e. The quantitative estimate of drug-likeness (QED) is 0.767. The second kappa shape index (κ2) is 7.70. The molecule has 1 aliphatic rings. The van der Waals surface area contributed by atoms with Crippen LogP contribution in [0, 0.1) is 5.92 Å². The van der Waals surface area contributed by atoms with Gasteiger partial charge in [0.25, 0.3) is 0 Å². The zero-order valence-electron chi connectivity index (χ0n) is 14.6. The highest BCUT2D eigenvalue weighted by molar-refractivity contribution is 5.86. The van der Waals surface area contributed by atoms with E-state index < -0.39 is 6.04 Å². The number of para-hydroxylation sites is 1. The summed E-state index contributed by atoms with van der Waals surface area (Å²) in [7, 11) is 0. The van der Waals surface area contributed by atoms with Crippen molar-refractivity contribution in [2.75, 3.05) is 19.6 Å². The first-order valence-corrected chi connectivity index (χ1v) is 8.88. The third-order valence-electron chi connectivity index (χ3n) is 5.00. The van der Waals surface area contributed by atoms with E-state index in [2.05, 4.69) is 10.3 Å². The van der Waals surface area contributed by atoms with Crippen molar-refractivity contribution in [1.82, 2.24) is 15.2 Å². The number of benzene rings is 1. The van der Waals surface area contributed by atoms with E-state index in [4.69, 9.17) is 5.73 Å². The van der Waals surface area contributed by atoms with E-state index in [0.717, 1.165) is 29.3 Å². The Morgan fingerprint density at radius 1 is 1.32 bits per heavy atom. The van der Waals surface area contributed by atoms with Crippen LogP contribution in [0.5, 0.6) is 0 Å². The Kier molecular flexibility index (Phi) is 5.38. The Labute approximate surface area is 147 Å².